The first kappa shape index (κ1) is 19.5. The molecule has 1 aromatic heterocycles. The van der Waals surface area contributed by atoms with Gasteiger partial charge in [0.2, 0.25) is 9.84 Å². The van der Waals surface area contributed by atoms with Gasteiger partial charge in [-0.3, -0.25) is 4.79 Å². The van der Waals surface area contributed by atoms with Gasteiger partial charge in [0.25, 0.3) is 0 Å². The molecule has 3 aromatic rings. The Kier molecular flexibility index (Phi) is 5.32. The molecule has 1 N–H and O–H groups in total. The number of nitrogens with one attached hydrogen (secondary N) is 1. The predicted molar refractivity (Wildman–Crippen MR) is 106 cm³/mol. The van der Waals surface area contributed by atoms with Crippen molar-refractivity contribution in [2.75, 3.05) is 0 Å². The van der Waals surface area contributed by atoms with Gasteiger partial charge in [-0.1, -0.05) is 12.1 Å². The van der Waals surface area contributed by atoms with Crippen LogP contribution in [0.2, 0.25) is 0 Å². The highest BCUT2D eigenvalue weighted by molar-refractivity contribution is 7.91. The molecule has 150 valence electrons. The first-order valence-electron chi connectivity index (χ1n) is 9.61. The topological polar surface area (TPSA) is 79.9 Å². The number of rotatable bonds is 6. The van der Waals surface area contributed by atoms with Gasteiger partial charge < -0.3 is 4.98 Å². The second-order valence-corrected chi connectivity index (χ2v) is 9.26. The molecule has 1 aliphatic rings. The molecule has 0 saturated heterocycles. The van der Waals surface area contributed by atoms with Crippen LogP contribution < -0.4 is 0 Å². The molecule has 0 radical (unpaired) electrons. The summed E-state index contributed by atoms with van der Waals surface area (Å²) in [5, 5.41) is 0. The predicted octanol–water partition coefficient (Wildman–Crippen LogP) is 4.46. The summed E-state index contributed by atoms with van der Waals surface area (Å²) in [5.74, 6) is -0.0149. The summed E-state index contributed by atoms with van der Waals surface area (Å²) >= 11 is 0. The lowest BCUT2D eigenvalue weighted by Crippen LogP contribution is -2.13. The van der Waals surface area contributed by atoms with Crippen LogP contribution in [-0.4, -0.2) is 24.2 Å². The molecule has 1 aliphatic carbocycles. The minimum absolute atomic E-state index is 0.0209. The van der Waals surface area contributed by atoms with E-state index >= 15 is 0 Å². The highest BCUT2D eigenvalue weighted by atomic mass is 32.2. The van der Waals surface area contributed by atoms with E-state index in [0.717, 1.165) is 36.5 Å². The van der Waals surface area contributed by atoms with Gasteiger partial charge in [-0.05, 0) is 73.1 Å². The molecule has 4 rings (SSSR count). The van der Waals surface area contributed by atoms with E-state index in [9.17, 15) is 17.6 Å². The summed E-state index contributed by atoms with van der Waals surface area (Å²) in [6.45, 7) is 0. The van der Waals surface area contributed by atoms with Gasteiger partial charge in [-0.25, -0.2) is 17.8 Å². The van der Waals surface area contributed by atoms with Crippen molar-refractivity contribution in [1.29, 1.82) is 0 Å². The number of H-pyrrole nitrogens is 1. The maximum absolute atomic E-state index is 13.5. The Hall–Kier alpha value is -2.80. The lowest BCUT2D eigenvalue weighted by molar-refractivity contribution is 0.0967. The number of hydrogen-bond donors (Lipinski definition) is 1. The maximum Gasteiger partial charge on any atom is 0.206 e. The Morgan fingerprint density at radius 2 is 2.00 bits per heavy atom. The van der Waals surface area contributed by atoms with E-state index in [-0.39, 0.29) is 21.5 Å². The van der Waals surface area contributed by atoms with Crippen molar-refractivity contribution in [3.05, 3.63) is 77.6 Å². The first-order valence-corrected chi connectivity index (χ1v) is 11.1. The standard InChI is InChI=1S/C22H21FN2O3S/c23-17-5-2-6-18(14-17)29(27,28)19-8-9-20-15(3-1-4-16(20)13-19)7-10-21(26)22-24-11-12-25-22/h2,5-6,8-9,11-15H,1,3-4,7,10H2,(H,24,25)/t15-/m0/s1. The first-order chi connectivity index (χ1) is 13.9. The van der Waals surface area contributed by atoms with Crippen LogP contribution in [0.4, 0.5) is 4.39 Å². The lowest BCUT2D eigenvalue weighted by atomic mass is 9.80. The SMILES string of the molecule is O=C(CC[C@@H]1CCCc2cc(S(=O)(=O)c3cccc(F)c3)ccc21)c1ncc[nH]1. The lowest BCUT2D eigenvalue weighted by Gasteiger charge is -2.26. The Morgan fingerprint density at radius 1 is 1.17 bits per heavy atom. The number of aromatic amines is 1. The Balaban J connectivity index is 1.56. The quantitative estimate of drug-likeness (QED) is 0.606. The fourth-order valence-electron chi connectivity index (χ4n) is 3.97. The summed E-state index contributed by atoms with van der Waals surface area (Å²) in [5.41, 5.74) is 2.09. The second kappa shape index (κ2) is 7.91. The molecule has 0 saturated carbocycles. The van der Waals surface area contributed by atoms with Crippen LogP contribution in [0.15, 0.2) is 64.6 Å². The van der Waals surface area contributed by atoms with Crippen LogP contribution >= 0.6 is 0 Å². The van der Waals surface area contributed by atoms with Crippen LogP contribution in [0.3, 0.4) is 0 Å². The highest BCUT2D eigenvalue weighted by Gasteiger charge is 2.25. The number of ketones is 1. The third-order valence-electron chi connectivity index (χ3n) is 5.45. The number of Topliss-reactive ketones (excluding diaryl/α,β-unsaturated/α-hetero) is 1. The van der Waals surface area contributed by atoms with Crippen molar-refractivity contribution >= 4 is 15.6 Å². The smallest absolute Gasteiger partial charge is 0.206 e. The van der Waals surface area contributed by atoms with Crippen LogP contribution in [0.25, 0.3) is 0 Å². The molecule has 1 atom stereocenters. The number of carbonyl (C=O) groups is 1. The van der Waals surface area contributed by atoms with E-state index in [4.69, 9.17) is 0 Å². The fraction of sp³-hybridized carbons (Fsp3) is 0.273. The molecule has 5 nitrogen and oxygen atoms in total. The summed E-state index contributed by atoms with van der Waals surface area (Å²) in [6.07, 6.45) is 6.98. The summed E-state index contributed by atoms with van der Waals surface area (Å²) < 4.78 is 39.2. The fourth-order valence-corrected chi connectivity index (χ4v) is 5.31. The van der Waals surface area contributed by atoms with Gasteiger partial charge >= 0.3 is 0 Å². The van der Waals surface area contributed by atoms with Crippen molar-refractivity contribution in [3.63, 3.8) is 0 Å². The number of hydrogen-bond acceptors (Lipinski definition) is 4. The third kappa shape index (κ3) is 4.00. The molecule has 0 spiro atoms. The number of aromatic nitrogens is 2. The Morgan fingerprint density at radius 3 is 2.76 bits per heavy atom. The zero-order valence-corrected chi connectivity index (χ0v) is 16.6. The Labute approximate surface area is 168 Å². The average molecular weight is 412 g/mol. The zero-order chi connectivity index (χ0) is 20.4. The van der Waals surface area contributed by atoms with Gasteiger partial charge in [0, 0.05) is 18.8 Å². The van der Waals surface area contributed by atoms with E-state index in [1.54, 1.807) is 24.5 Å². The highest BCUT2D eigenvalue weighted by Crippen LogP contribution is 2.37. The summed E-state index contributed by atoms with van der Waals surface area (Å²) in [4.78, 5) is 19.2. The van der Waals surface area contributed by atoms with E-state index in [1.165, 1.54) is 18.2 Å². The van der Waals surface area contributed by atoms with Crippen LogP contribution in [0.1, 0.15) is 53.3 Å². The number of halogens is 1. The molecule has 29 heavy (non-hydrogen) atoms. The molecule has 0 unspecified atom stereocenters. The number of aryl methyl sites for hydroxylation is 1. The van der Waals surface area contributed by atoms with Crippen molar-refractivity contribution in [2.24, 2.45) is 0 Å². The van der Waals surface area contributed by atoms with Crippen LogP contribution in [0.5, 0.6) is 0 Å². The number of fused-ring (bicyclic) bond motifs is 1. The molecule has 0 fully saturated rings. The molecule has 2 aromatic carbocycles. The van der Waals surface area contributed by atoms with Gasteiger partial charge in [-0.15, -0.1) is 0 Å². The molecular weight excluding hydrogens is 391 g/mol. The van der Waals surface area contributed by atoms with Gasteiger partial charge in [0.15, 0.2) is 11.6 Å². The normalized spacial score (nSPS) is 16.4. The molecule has 0 amide bonds. The summed E-state index contributed by atoms with van der Waals surface area (Å²) in [7, 11) is -3.77. The van der Waals surface area contributed by atoms with E-state index in [0.29, 0.717) is 18.7 Å². The van der Waals surface area contributed by atoms with E-state index in [2.05, 4.69) is 9.97 Å². The van der Waals surface area contributed by atoms with Crippen molar-refractivity contribution < 1.29 is 17.6 Å². The molecule has 7 heteroatoms. The molecule has 1 heterocycles. The van der Waals surface area contributed by atoms with Crippen molar-refractivity contribution in [2.45, 2.75) is 47.8 Å². The Bertz CT molecular complexity index is 1140. The maximum atomic E-state index is 13.5. The molecular formula is C22H21FN2O3S. The summed E-state index contributed by atoms with van der Waals surface area (Å²) in [6, 6.07) is 10.2. The van der Waals surface area contributed by atoms with E-state index in [1.807, 2.05) is 6.07 Å². The van der Waals surface area contributed by atoms with Crippen LogP contribution in [0, 0.1) is 5.82 Å². The zero-order valence-electron chi connectivity index (χ0n) is 15.8. The average Bonchev–Trinajstić information content (AvgIpc) is 3.26. The third-order valence-corrected chi connectivity index (χ3v) is 7.20. The largest absolute Gasteiger partial charge is 0.342 e. The number of imidazole rings is 1. The van der Waals surface area contributed by atoms with Gasteiger partial charge in [0.1, 0.15) is 5.82 Å². The van der Waals surface area contributed by atoms with Gasteiger partial charge in [-0.2, -0.15) is 0 Å². The van der Waals surface area contributed by atoms with Gasteiger partial charge in [0.05, 0.1) is 9.79 Å². The minimum atomic E-state index is -3.77. The number of nitrogens with zero attached hydrogens (tertiary/aromatic N) is 1. The molecule has 0 bridgehead atoms. The second-order valence-electron chi connectivity index (χ2n) is 7.31. The number of benzene rings is 2. The molecule has 0 aliphatic heterocycles. The van der Waals surface area contributed by atoms with Crippen molar-refractivity contribution in [1.82, 2.24) is 9.97 Å². The number of sulfone groups is 1. The van der Waals surface area contributed by atoms with Crippen molar-refractivity contribution in [3.8, 4) is 0 Å². The minimum Gasteiger partial charge on any atom is -0.342 e. The van der Waals surface area contributed by atoms with E-state index < -0.39 is 15.7 Å². The van der Waals surface area contributed by atoms with Crippen LogP contribution in [-0.2, 0) is 16.3 Å². The monoisotopic (exact) mass is 412 g/mol. The number of carbonyl (C=O) groups excluding carboxylic acids is 1.